The zero-order valence-electron chi connectivity index (χ0n) is 12.9. The summed E-state index contributed by atoms with van der Waals surface area (Å²) in [6.07, 6.45) is 5.95. The first-order chi connectivity index (χ1) is 10.8. The fourth-order valence-corrected chi connectivity index (χ4v) is 3.00. The van der Waals surface area contributed by atoms with Crippen LogP contribution in [0.2, 0.25) is 0 Å². The van der Waals surface area contributed by atoms with Gasteiger partial charge in [-0.25, -0.2) is 0 Å². The first-order valence-corrected chi connectivity index (χ1v) is 8.43. The van der Waals surface area contributed by atoms with E-state index in [9.17, 15) is 4.79 Å². The maximum atomic E-state index is 10.7. The molecule has 0 N–H and O–H groups in total. The fraction of sp³-hybridized carbons (Fsp3) is 0.350. The number of benzene rings is 2. The lowest BCUT2D eigenvalue weighted by molar-refractivity contribution is -0.111. The molecule has 0 aliphatic carbocycles. The Bertz CT molecular complexity index is 511. The fourth-order valence-electron chi connectivity index (χ4n) is 2.86. The van der Waals surface area contributed by atoms with E-state index in [1.807, 2.05) is 0 Å². The normalized spacial score (nSPS) is 10.8. The average molecular weight is 315 g/mol. The van der Waals surface area contributed by atoms with Crippen LogP contribution in [0.4, 0.5) is 0 Å². The Morgan fingerprint density at radius 1 is 0.773 bits per heavy atom. The maximum absolute atomic E-state index is 10.7. The van der Waals surface area contributed by atoms with Gasteiger partial charge in [0, 0.05) is 12.3 Å². The Balaban J connectivity index is 1.91. The van der Waals surface area contributed by atoms with Gasteiger partial charge in [0.15, 0.2) is 0 Å². The summed E-state index contributed by atoms with van der Waals surface area (Å²) in [4.78, 5) is 10.7. The molecule has 2 aromatic carbocycles. The average Bonchev–Trinajstić information content (AvgIpc) is 2.55. The zero-order valence-corrected chi connectivity index (χ0v) is 13.6. The third-order valence-electron chi connectivity index (χ3n) is 4.02. The molecule has 116 valence electrons. The van der Waals surface area contributed by atoms with E-state index in [1.165, 1.54) is 17.5 Å². The van der Waals surface area contributed by atoms with Gasteiger partial charge in [0.05, 0.1) is 0 Å². The number of rotatable bonds is 9. The summed E-state index contributed by atoms with van der Waals surface area (Å²) in [6.45, 7) is 0. The van der Waals surface area contributed by atoms with Crippen LogP contribution in [0.15, 0.2) is 60.7 Å². The molecule has 0 aromatic heterocycles. The van der Waals surface area contributed by atoms with Gasteiger partial charge in [0.25, 0.3) is 0 Å². The van der Waals surface area contributed by atoms with Crippen molar-refractivity contribution >= 4 is 16.8 Å². The number of halogens is 1. The number of hydrogen-bond acceptors (Lipinski definition) is 1. The monoisotopic (exact) mass is 314 g/mol. The van der Waals surface area contributed by atoms with E-state index in [2.05, 4.69) is 60.7 Å². The molecule has 0 fully saturated rings. The summed E-state index contributed by atoms with van der Waals surface area (Å²) in [5.74, 6) is 0.456. The second kappa shape index (κ2) is 9.42. The molecule has 0 saturated heterocycles. The van der Waals surface area contributed by atoms with Crippen LogP contribution in [0.25, 0.3) is 0 Å². The van der Waals surface area contributed by atoms with Crippen LogP contribution in [0.5, 0.6) is 0 Å². The lowest BCUT2D eigenvalue weighted by atomic mass is 9.87. The highest BCUT2D eigenvalue weighted by Gasteiger charge is 2.13. The van der Waals surface area contributed by atoms with E-state index in [1.54, 1.807) is 0 Å². The maximum Gasteiger partial charge on any atom is 0.221 e. The SMILES string of the molecule is O=C(Cl)CCCCCCC(c1ccccc1)c1ccccc1. The molecule has 0 heterocycles. The predicted molar refractivity (Wildman–Crippen MR) is 93.3 cm³/mol. The third-order valence-corrected chi connectivity index (χ3v) is 4.21. The molecule has 0 unspecified atom stereocenters. The third kappa shape index (κ3) is 5.65. The summed E-state index contributed by atoms with van der Waals surface area (Å²) in [7, 11) is 0. The molecule has 0 amide bonds. The van der Waals surface area contributed by atoms with Gasteiger partial charge in [0.1, 0.15) is 0 Å². The Morgan fingerprint density at radius 3 is 1.77 bits per heavy atom. The van der Waals surface area contributed by atoms with E-state index in [-0.39, 0.29) is 5.24 Å². The smallest absolute Gasteiger partial charge is 0.221 e. The molecule has 0 radical (unpaired) electrons. The Kier molecular flexibility index (Phi) is 7.18. The van der Waals surface area contributed by atoms with Crippen LogP contribution in [-0.4, -0.2) is 5.24 Å². The van der Waals surface area contributed by atoms with Crippen molar-refractivity contribution in [3.05, 3.63) is 71.8 Å². The summed E-state index contributed by atoms with van der Waals surface area (Å²) < 4.78 is 0. The van der Waals surface area contributed by atoms with E-state index in [0.717, 1.165) is 25.7 Å². The van der Waals surface area contributed by atoms with Gasteiger partial charge in [-0.2, -0.15) is 0 Å². The van der Waals surface area contributed by atoms with E-state index in [0.29, 0.717) is 12.3 Å². The predicted octanol–water partition coefficient (Wildman–Crippen LogP) is 5.92. The van der Waals surface area contributed by atoms with Gasteiger partial charge in [-0.15, -0.1) is 0 Å². The summed E-state index contributed by atoms with van der Waals surface area (Å²) >= 11 is 5.36. The largest absolute Gasteiger partial charge is 0.281 e. The molecule has 0 spiro atoms. The minimum Gasteiger partial charge on any atom is -0.281 e. The van der Waals surface area contributed by atoms with Crippen LogP contribution in [0.3, 0.4) is 0 Å². The highest BCUT2D eigenvalue weighted by molar-refractivity contribution is 6.63. The van der Waals surface area contributed by atoms with E-state index < -0.39 is 0 Å². The molecule has 2 aromatic rings. The van der Waals surface area contributed by atoms with E-state index in [4.69, 9.17) is 11.6 Å². The molecular weight excluding hydrogens is 292 g/mol. The van der Waals surface area contributed by atoms with E-state index >= 15 is 0 Å². The number of unbranched alkanes of at least 4 members (excludes halogenated alkanes) is 3. The molecule has 0 atom stereocenters. The highest BCUT2D eigenvalue weighted by atomic mass is 35.5. The van der Waals surface area contributed by atoms with Crippen LogP contribution < -0.4 is 0 Å². The lowest BCUT2D eigenvalue weighted by Gasteiger charge is -2.18. The Labute approximate surface area is 138 Å². The molecule has 2 heteroatoms. The minimum atomic E-state index is -0.216. The van der Waals surface area contributed by atoms with Crippen LogP contribution in [0.1, 0.15) is 55.6 Å². The van der Waals surface area contributed by atoms with Gasteiger partial charge < -0.3 is 0 Å². The highest BCUT2D eigenvalue weighted by Crippen LogP contribution is 2.29. The first-order valence-electron chi connectivity index (χ1n) is 8.05. The number of hydrogen-bond donors (Lipinski definition) is 0. The second-order valence-corrected chi connectivity index (χ2v) is 6.10. The molecule has 22 heavy (non-hydrogen) atoms. The summed E-state index contributed by atoms with van der Waals surface area (Å²) in [5.41, 5.74) is 2.76. The number of carbonyl (C=O) groups excluding carboxylic acids is 1. The summed E-state index contributed by atoms with van der Waals surface area (Å²) in [6, 6.07) is 21.4. The zero-order chi connectivity index (χ0) is 15.6. The molecule has 0 aliphatic rings. The van der Waals surface area contributed by atoms with Gasteiger partial charge >= 0.3 is 0 Å². The second-order valence-electron chi connectivity index (χ2n) is 5.68. The van der Waals surface area contributed by atoms with Crippen LogP contribution in [0, 0.1) is 0 Å². The van der Waals surface area contributed by atoms with Crippen LogP contribution >= 0.6 is 11.6 Å². The van der Waals surface area contributed by atoms with Gasteiger partial charge in [0.2, 0.25) is 5.24 Å². The summed E-state index contributed by atoms with van der Waals surface area (Å²) in [5, 5.41) is -0.216. The molecule has 0 aliphatic heterocycles. The lowest BCUT2D eigenvalue weighted by Crippen LogP contribution is -2.01. The number of carbonyl (C=O) groups is 1. The molecule has 0 bridgehead atoms. The van der Waals surface area contributed by atoms with Crippen molar-refractivity contribution in [3.63, 3.8) is 0 Å². The Hall–Kier alpha value is -1.60. The van der Waals surface area contributed by atoms with Crippen molar-refractivity contribution in [1.82, 2.24) is 0 Å². The van der Waals surface area contributed by atoms with Crippen molar-refractivity contribution in [2.24, 2.45) is 0 Å². The molecular formula is C20H23ClO. The van der Waals surface area contributed by atoms with Crippen molar-refractivity contribution in [1.29, 1.82) is 0 Å². The van der Waals surface area contributed by atoms with Gasteiger partial charge in [-0.05, 0) is 35.6 Å². The standard InChI is InChI=1S/C20H23ClO/c21-20(22)16-10-2-1-9-15-19(17-11-5-3-6-12-17)18-13-7-4-8-14-18/h3-8,11-14,19H,1-2,9-10,15-16H2. The topological polar surface area (TPSA) is 17.1 Å². The molecule has 2 rings (SSSR count). The van der Waals surface area contributed by atoms with Crippen molar-refractivity contribution in [3.8, 4) is 0 Å². The van der Waals surface area contributed by atoms with Gasteiger partial charge in [-0.3, -0.25) is 4.79 Å². The first kappa shape index (κ1) is 16.8. The van der Waals surface area contributed by atoms with Gasteiger partial charge in [-0.1, -0.05) is 79.9 Å². The molecule has 1 nitrogen and oxygen atoms in total. The Morgan fingerprint density at radius 2 is 1.27 bits per heavy atom. The molecule has 0 saturated carbocycles. The van der Waals surface area contributed by atoms with Crippen molar-refractivity contribution in [2.75, 3.05) is 0 Å². The minimum absolute atomic E-state index is 0.216. The van der Waals surface area contributed by atoms with Crippen molar-refractivity contribution in [2.45, 2.75) is 44.4 Å². The van der Waals surface area contributed by atoms with Crippen LogP contribution in [-0.2, 0) is 4.79 Å². The quantitative estimate of drug-likeness (QED) is 0.414. The van der Waals surface area contributed by atoms with Crippen molar-refractivity contribution < 1.29 is 4.79 Å².